The van der Waals surface area contributed by atoms with Gasteiger partial charge in [0.15, 0.2) is 11.6 Å². The van der Waals surface area contributed by atoms with Crippen molar-refractivity contribution in [2.45, 2.75) is 58.1 Å². The van der Waals surface area contributed by atoms with Gasteiger partial charge in [-0.05, 0) is 75.3 Å². The van der Waals surface area contributed by atoms with Crippen LogP contribution in [-0.4, -0.2) is 35.9 Å². The minimum absolute atomic E-state index is 0.0420. The molecule has 1 aliphatic heterocycles. The lowest BCUT2D eigenvalue weighted by molar-refractivity contribution is -0.138. The Labute approximate surface area is 182 Å². The summed E-state index contributed by atoms with van der Waals surface area (Å²) in [4.78, 5) is 13.4. The third-order valence-electron chi connectivity index (χ3n) is 5.91. The van der Waals surface area contributed by atoms with Crippen LogP contribution in [0, 0.1) is 17.0 Å². The van der Waals surface area contributed by atoms with Crippen LogP contribution in [0.25, 0.3) is 11.1 Å². The molecule has 0 aliphatic carbocycles. The fourth-order valence-electron chi connectivity index (χ4n) is 4.40. The summed E-state index contributed by atoms with van der Waals surface area (Å²) < 4.78 is 32.5. The number of amides is 1. The molecule has 1 amide bonds. The molecule has 2 N–H and O–H groups in total. The molecule has 1 unspecified atom stereocenters. The lowest BCUT2D eigenvalue weighted by Crippen LogP contribution is -2.54. The Balaban J connectivity index is 1.85. The molecule has 0 aromatic heterocycles. The van der Waals surface area contributed by atoms with Crippen LogP contribution in [0.5, 0.6) is 0 Å². The minimum Gasteiger partial charge on any atom is -0.393 e. The lowest BCUT2D eigenvalue weighted by Gasteiger charge is -2.39. The van der Waals surface area contributed by atoms with E-state index in [0.717, 1.165) is 17.2 Å². The zero-order valence-electron chi connectivity index (χ0n) is 18.4. The molecule has 4 nitrogen and oxygen atoms in total. The number of rotatable bonds is 7. The van der Waals surface area contributed by atoms with E-state index >= 15 is 0 Å². The fraction of sp³-hybridized carbons (Fsp3) is 0.480. The van der Waals surface area contributed by atoms with E-state index in [1.807, 2.05) is 38.1 Å². The van der Waals surface area contributed by atoms with Crippen LogP contribution < -0.4 is 5.32 Å². The van der Waals surface area contributed by atoms with Gasteiger partial charge >= 0.3 is 0 Å². The topological polar surface area (TPSA) is 58.6 Å². The summed E-state index contributed by atoms with van der Waals surface area (Å²) in [6.07, 6.45) is 1.65. The van der Waals surface area contributed by atoms with Crippen molar-refractivity contribution < 1.29 is 23.4 Å². The second kappa shape index (κ2) is 9.45. The predicted octanol–water partition coefficient (Wildman–Crippen LogP) is 4.64. The Morgan fingerprint density at radius 1 is 1.13 bits per heavy atom. The van der Waals surface area contributed by atoms with Crippen molar-refractivity contribution in [3.63, 3.8) is 0 Å². The van der Waals surface area contributed by atoms with Crippen LogP contribution in [0.2, 0.25) is 0 Å². The number of carbonyl (C=O) groups excluding carboxylic acids is 1. The number of halogens is 2. The van der Waals surface area contributed by atoms with Gasteiger partial charge in [-0.15, -0.1) is 0 Å². The summed E-state index contributed by atoms with van der Waals surface area (Å²) in [5.41, 5.74) is 1.15. The van der Waals surface area contributed by atoms with E-state index < -0.39 is 28.7 Å². The van der Waals surface area contributed by atoms with Crippen molar-refractivity contribution in [2.24, 2.45) is 5.41 Å². The van der Waals surface area contributed by atoms with E-state index in [0.29, 0.717) is 44.5 Å². The van der Waals surface area contributed by atoms with Crippen molar-refractivity contribution in [1.82, 2.24) is 5.32 Å². The molecule has 0 bridgehead atoms. The van der Waals surface area contributed by atoms with E-state index in [1.165, 1.54) is 6.07 Å². The minimum atomic E-state index is -0.886. The molecule has 2 aromatic rings. The average Bonchev–Trinajstić information content (AvgIpc) is 2.69. The van der Waals surface area contributed by atoms with Crippen LogP contribution in [0.4, 0.5) is 8.78 Å². The number of hydrogen-bond acceptors (Lipinski definition) is 3. The van der Waals surface area contributed by atoms with Gasteiger partial charge in [-0.25, -0.2) is 8.78 Å². The van der Waals surface area contributed by atoms with Crippen molar-refractivity contribution in [1.29, 1.82) is 0 Å². The molecule has 31 heavy (non-hydrogen) atoms. The zero-order chi connectivity index (χ0) is 22.6. The van der Waals surface area contributed by atoms with Crippen molar-refractivity contribution >= 4 is 5.91 Å². The smallest absolute Gasteiger partial charge is 0.227 e. The maximum absolute atomic E-state index is 13.7. The summed E-state index contributed by atoms with van der Waals surface area (Å²) in [5.74, 6) is -1.80. The largest absolute Gasteiger partial charge is 0.393 e. The van der Waals surface area contributed by atoms with E-state index in [4.69, 9.17) is 4.74 Å². The highest BCUT2D eigenvalue weighted by Crippen LogP contribution is 2.36. The normalized spacial score (nSPS) is 17.2. The van der Waals surface area contributed by atoms with Crippen LogP contribution in [0.3, 0.4) is 0 Å². The third-order valence-corrected chi connectivity index (χ3v) is 5.91. The maximum atomic E-state index is 13.7. The molecule has 0 saturated carbocycles. The Bertz CT molecular complexity index is 921. The molecule has 168 valence electrons. The van der Waals surface area contributed by atoms with Crippen molar-refractivity contribution in [2.75, 3.05) is 13.2 Å². The second-order valence-corrected chi connectivity index (χ2v) is 9.29. The molecule has 1 fully saturated rings. The van der Waals surface area contributed by atoms with Gasteiger partial charge in [-0.3, -0.25) is 4.79 Å². The molecule has 0 radical (unpaired) electrons. The SMILES string of the molecule is CC(O)CC(C)(C)NC(=O)C1(Cc2cccc(-c3ccc(F)c(F)c3)c2)CCOCC1. The van der Waals surface area contributed by atoms with E-state index in [9.17, 15) is 18.7 Å². The van der Waals surface area contributed by atoms with Gasteiger partial charge < -0.3 is 15.2 Å². The summed E-state index contributed by atoms with van der Waals surface area (Å²) in [5, 5.41) is 12.9. The fourth-order valence-corrected chi connectivity index (χ4v) is 4.40. The highest BCUT2D eigenvalue weighted by Gasteiger charge is 2.42. The molecule has 0 spiro atoms. The first-order chi connectivity index (χ1) is 14.6. The lowest BCUT2D eigenvalue weighted by atomic mass is 9.73. The number of ether oxygens (including phenoxy) is 1. The molecular formula is C25H31F2NO3. The molecule has 1 atom stereocenters. The van der Waals surface area contributed by atoms with Gasteiger partial charge in [-0.2, -0.15) is 0 Å². The third kappa shape index (κ3) is 5.89. The van der Waals surface area contributed by atoms with E-state index in [1.54, 1.807) is 13.0 Å². The molecule has 1 heterocycles. The average molecular weight is 432 g/mol. The van der Waals surface area contributed by atoms with Gasteiger partial charge in [0.05, 0.1) is 11.5 Å². The predicted molar refractivity (Wildman–Crippen MR) is 117 cm³/mol. The summed E-state index contributed by atoms with van der Waals surface area (Å²) in [6, 6.07) is 11.5. The van der Waals surface area contributed by atoms with E-state index in [2.05, 4.69) is 5.32 Å². The number of aliphatic hydroxyl groups is 1. The van der Waals surface area contributed by atoms with Crippen molar-refractivity contribution in [3.8, 4) is 11.1 Å². The van der Waals surface area contributed by atoms with Gasteiger partial charge in [0.2, 0.25) is 5.91 Å². The second-order valence-electron chi connectivity index (χ2n) is 9.29. The van der Waals surface area contributed by atoms with Crippen LogP contribution >= 0.6 is 0 Å². The van der Waals surface area contributed by atoms with Crippen LogP contribution in [-0.2, 0) is 16.0 Å². The highest BCUT2D eigenvalue weighted by molar-refractivity contribution is 5.84. The number of hydrogen-bond donors (Lipinski definition) is 2. The Morgan fingerprint density at radius 3 is 2.45 bits per heavy atom. The van der Waals surface area contributed by atoms with Crippen LogP contribution in [0.1, 0.15) is 45.6 Å². The summed E-state index contributed by atoms with van der Waals surface area (Å²) in [6.45, 7) is 6.55. The summed E-state index contributed by atoms with van der Waals surface area (Å²) >= 11 is 0. The van der Waals surface area contributed by atoms with Gasteiger partial charge in [0.1, 0.15) is 0 Å². The number of nitrogens with one attached hydrogen (secondary N) is 1. The van der Waals surface area contributed by atoms with Gasteiger partial charge in [0, 0.05) is 18.8 Å². The van der Waals surface area contributed by atoms with Gasteiger partial charge in [0.25, 0.3) is 0 Å². The van der Waals surface area contributed by atoms with Gasteiger partial charge in [-0.1, -0.05) is 30.3 Å². The quantitative estimate of drug-likeness (QED) is 0.672. The number of aliphatic hydroxyl groups excluding tert-OH is 1. The maximum Gasteiger partial charge on any atom is 0.227 e. The molecule has 3 rings (SSSR count). The number of carbonyl (C=O) groups is 1. The standard InChI is InChI=1S/C25H31F2NO3/c1-17(29)15-24(2,3)28-23(30)25(9-11-31-12-10-25)16-18-5-4-6-19(13-18)20-7-8-21(26)22(27)14-20/h4-8,13-14,17,29H,9-12,15-16H2,1-3H3,(H,28,30). The van der Waals surface area contributed by atoms with Crippen LogP contribution in [0.15, 0.2) is 42.5 Å². The molecular weight excluding hydrogens is 400 g/mol. The first kappa shape index (κ1) is 23.4. The highest BCUT2D eigenvalue weighted by atomic mass is 19.2. The van der Waals surface area contributed by atoms with Crippen molar-refractivity contribution in [3.05, 3.63) is 59.7 Å². The van der Waals surface area contributed by atoms with E-state index in [-0.39, 0.29) is 5.91 Å². The Hall–Kier alpha value is -2.31. The molecule has 1 aliphatic rings. The zero-order valence-corrected chi connectivity index (χ0v) is 18.4. The monoisotopic (exact) mass is 431 g/mol. The Kier molecular flexibility index (Phi) is 7.12. The molecule has 6 heteroatoms. The molecule has 1 saturated heterocycles. The summed E-state index contributed by atoms with van der Waals surface area (Å²) in [7, 11) is 0. The Morgan fingerprint density at radius 2 is 1.81 bits per heavy atom. The first-order valence-corrected chi connectivity index (χ1v) is 10.7. The molecule has 2 aromatic carbocycles. The number of benzene rings is 2. The first-order valence-electron chi connectivity index (χ1n) is 10.7.